The molecule has 1 fully saturated rings. The summed E-state index contributed by atoms with van der Waals surface area (Å²) in [5.41, 5.74) is 1.30. The number of rotatable bonds is 4. The Kier molecular flexibility index (Phi) is 5.67. The lowest BCUT2D eigenvalue weighted by Crippen LogP contribution is -2.22. The molecule has 1 heterocycles. The Labute approximate surface area is 88.4 Å². The van der Waals surface area contributed by atoms with Gasteiger partial charge in [-0.2, -0.15) is 0 Å². The summed E-state index contributed by atoms with van der Waals surface area (Å²) >= 11 is 3.39. The number of allylic oxidation sites excluding steroid dienone is 1. The second-order valence-corrected chi connectivity index (χ2v) is 3.87. The Balaban J connectivity index is 2.10. The van der Waals surface area contributed by atoms with E-state index in [0.717, 1.165) is 18.4 Å². The second-order valence-electron chi connectivity index (χ2n) is 3.31. The molecule has 0 radical (unpaired) electrons. The summed E-state index contributed by atoms with van der Waals surface area (Å²) in [6.07, 6.45) is 5.57. The maximum Gasteiger partial charge on any atom is 0.157 e. The van der Waals surface area contributed by atoms with E-state index in [2.05, 4.69) is 28.9 Å². The van der Waals surface area contributed by atoms with Crippen LogP contribution < -0.4 is 0 Å². The molecule has 0 bridgehead atoms. The smallest absolute Gasteiger partial charge is 0.157 e. The monoisotopic (exact) mass is 248 g/mol. The molecule has 1 atom stereocenters. The van der Waals surface area contributed by atoms with Crippen LogP contribution in [0.1, 0.15) is 26.2 Å². The van der Waals surface area contributed by atoms with Crippen molar-refractivity contribution in [1.82, 2.24) is 0 Å². The molecule has 0 N–H and O–H groups in total. The fraction of sp³-hybridized carbons (Fsp3) is 0.800. The summed E-state index contributed by atoms with van der Waals surface area (Å²) in [5.74, 6) is 0. The maximum atomic E-state index is 5.54. The first-order valence-corrected chi connectivity index (χ1v) is 5.90. The van der Waals surface area contributed by atoms with Gasteiger partial charge in [-0.3, -0.25) is 0 Å². The minimum Gasteiger partial charge on any atom is -0.353 e. The molecule has 13 heavy (non-hydrogen) atoms. The molecule has 0 spiro atoms. The van der Waals surface area contributed by atoms with E-state index >= 15 is 0 Å². The standard InChI is InChI=1S/C10H17BrO2/c1-9(8-11)5-7-13-10-4-2-3-6-12-10/h5,10H,2-4,6-8H2,1H3/b9-5+. The second kappa shape index (κ2) is 6.57. The van der Waals surface area contributed by atoms with E-state index in [9.17, 15) is 0 Å². The summed E-state index contributed by atoms with van der Waals surface area (Å²) < 4.78 is 11.0. The zero-order chi connectivity index (χ0) is 9.52. The largest absolute Gasteiger partial charge is 0.353 e. The van der Waals surface area contributed by atoms with E-state index in [1.165, 1.54) is 18.4 Å². The van der Waals surface area contributed by atoms with Gasteiger partial charge in [0.05, 0.1) is 6.61 Å². The SMILES string of the molecule is C/C(=C\COC1CCCCO1)CBr. The van der Waals surface area contributed by atoms with E-state index in [1.54, 1.807) is 0 Å². The zero-order valence-corrected chi connectivity index (χ0v) is 9.68. The van der Waals surface area contributed by atoms with Crippen molar-refractivity contribution in [2.24, 2.45) is 0 Å². The first-order valence-electron chi connectivity index (χ1n) is 4.77. The van der Waals surface area contributed by atoms with Crippen LogP contribution in [0.25, 0.3) is 0 Å². The van der Waals surface area contributed by atoms with Crippen molar-refractivity contribution < 1.29 is 9.47 Å². The summed E-state index contributed by atoms with van der Waals surface area (Å²) in [6.45, 7) is 3.60. The first-order chi connectivity index (χ1) is 6.33. The number of alkyl halides is 1. The third kappa shape index (κ3) is 4.79. The van der Waals surface area contributed by atoms with Gasteiger partial charge in [0.1, 0.15) is 0 Å². The lowest BCUT2D eigenvalue weighted by molar-refractivity contribution is -0.155. The number of halogens is 1. The third-order valence-electron chi connectivity index (χ3n) is 2.06. The van der Waals surface area contributed by atoms with Crippen molar-refractivity contribution in [3.8, 4) is 0 Å². The highest BCUT2D eigenvalue weighted by Crippen LogP contribution is 2.13. The number of ether oxygens (including phenoxy) is 2. The van der Waals surface area contributed by atoms with E-state index in [1.807, 2.05) is 0 Å². The number of hydrogen-bond donors (Lipinski definition) is 0. The molecule has 0 aliphatic carbocycles. The molecule has 1 unspecified atom stereocenters. The van der Waals surface area contributed by atoms with Gasteiger partial charge in [0.2, 0.25) is 0 Å². The van der Waals surface area contributed by atoms with Gasteiger partial charge in [0.25, 0.3) is 0 Å². The van der Waals surface area contributed by atoms with Gasteiger partial charge in [-0.1, -0.05) is 27.6 Å². The predicted molar refractivity (Wildman–Crippen MR) is 57.1 cm³/mol. The zero-order valence-electron chi connectivity index (χ0n) is 8.09. The quantitative estimate of drug-likeness (QED) is 0.563. The lowest BCUT2D eigenvalue weighted by Gasteiger charge is -2.22. The van der Waals surface area contributed by atoms with Crippen molar-refractivity contribution >= 4 is 15.9 Å². The van der Waals surface area contributed by atoms with Gasteiger partial charge >= 0.3 is 0 Å². The Morgan fingerprint density at radius 1 is 1.62 bits per heavy atom. The molecule has 0 saturated carbocycles. The van der Waals surface area contributed by atoms with Gasteiger partial charge in [-0.05, 0) is 26.2 Å². The Bertz CT molecular complexity index is 162. The highest BCUT2D eigenvalue weighted by atomic mass is 79.9. The normalized spacial score (nSPS) is 24.8. The first kappa shape index (κ1) is 11.2. The molecule has 1 rings (SSSR count). The molecule has 1 aliphatic heterocycles. The van der Waals surface area contributed by atoms with Crippen molar-refractivity contribution in [3.63, 3.8) is 0 Å². The average molecular weight is 249 g/mol. The topological polar surface area (TPSA) is 18.5 Å². The molecule has 1 saturated heterocycles. The highest BCUT2D eigenvalue weighted by Gasteiger charge is 2.12. The minimum atomic E-state index is 0.0353. The fourth-order valence-corrected chi connectivity index (χ4v) is 1.42. The van der Waals surface area contributed by atoms with Gasteiger partial charge in [0, 0.05) is 11.9 Å². The van der Waals surface area contributed by atoms with E-state index in [-0.39, 0.29) is 6.29 Å². The van der Waals surface area contributed by atoms with Crippen LogP contribution in [0.5, 0.6) is 0 Å². The van der Waals surface area contributed by atoms with Crippen LogP contribution in [0.4, 0.5) is 0 Å². The van der Waals surface area contributed by atoms with Crippen molar-refractivity contribution in [3.05, 3.63) is 11.6 Å². The molecular formula is C10H17BrO2. The van der Waals surface area contributed by atoms with Crippen LogP contribution in [0.2, 0.25) is 0 Å². The minimum absolute atomic E-state index is 0.0353. The molecule has 0 aromatic heterocycles. The van der Waals surface area contributed by atoms with Gasteiger partial charge < -0.3 is 9.47 Å². The summed E-state index contributed by atoms with van der Waals surface area (Å²) in [6, 6.07) is 0. The number of hydrogen-bond acceptors (Lipinski definition) is 2. The van der Waals surface area contributed by atoms with Crippen molar-refractivity contribution in [1.29, 1.82) is 0 Å². The Morgan fingerprint density at radius 3 is 3.08 bits per heavy atom. The van der Waals surface area contributed by atoms with Crippen LogP contribution in [-0.2, 0) is 9.47 Å². The van der Waals surface area contributed by atoms with Crippen molar-refractivity contribution in [2.75, 3.05) is 18.5 Å². The van der Waals surface area contributed by atoms with Crippen LogP contribution in [0, 0.1) is 0 Å². The van der Waals surface area contributed by atoms with E-state index in [0.29, 0.717) is 6.61 Å². The average Bonchev–Trinajstić information content (AvgIpc) is 2.19. The van der Waals surface area contributed by atoms with Crippen LogP contribution in [0.15, 0.2) is 11.6 Å². The molecule has 2 nitrogen and oxygen atoms in total. The fourth-order valence-electron chi connectivity index (χ4n) is 1.19. The highest BCUT2D eigenvalue weighted by molar-refractivity contribution is 9.09. The molecule has 76 valence electrons. The molecule has 1 aliphatic rings. The van der Waals surface area contributed by atoms with Gasteiger partial charge in [0.15, 0.2) is 6.29 Å². The third-order valence-corrected chi connectivity index (χ3v) is 2.95. The van der Waals surface area contributed by atoms with Crippen LogP contribution in [0.3, 0.4) is 0 Å². The van der Waals surface area contributed by atoms with Crippen molar-refractivity contribution in [2.45, 2.75) is 32.5 Å². The summed E-state index contributed by atoms with van der Waals surface area (Å²) in [5, 5.41) is 0.919. The molecule has 0 aromatic rings. The molecule has 0 amide bonds. The van der Waals surface area contributed by atoms with Crippen LogP contribution >= 0.6 is 15.9 Å². The maximum absolute atomic E-state index is 5.54. The Morgan fingerprint density at radius 2 is 2.46 bits per heavy atom. The summed E-state index contributed by atoms with van der Waals surface area (Å²) in [4.78, 5) is 0. The Hall–Kier alpha value is 0.140. The van der Waals surface area contributed by atoms with Gasteiger partial charge in [-0.15, -0.1) is 0 Å². The van der Waals surface area contributed by atoms with Crippen LogP contribution in [-0.4, -0.2) is 24.8 Å². The van der Waals surface area contributed by atoms with Gasteiger partial charge in [-0.25, -0.2) is 0 Å². The molecule has 0 aromatic carbocycles. The summed E-state index contributed by atoms with van der Waals surface area (Å²) in [7, 11) is 0. The van der Waals surface area contributed by atoms with E-state index < -0.39 is 0 Å². The lowest BCUT2D eigenvalue weighted by atomic mass is 10.2. The predicted octanol–water partition coefficient (Wildman–Crippen LogP) is 2.87. The molecular weight excluding hydrogens is 232 g/mol. The molecule has 3 heteroatoms. The van der Waals surface area contributed by atoms with E-state index in [4.69, 9.17) is 9.47 Å².